The second-order valence-electron chi connectivity index (χ2n) is 6.68. The highest BCUT2D eigenvalue weighted by Gasteiger charge is 2.17. The molecule has 0 saturated carbocycles. The predicted molar refractivity (Wildman–Crippen MR) is 107 cm³/mol. The Labute approximate surface area is 169 Å². The van der Waals surface area contributed by atoms with Gasteiger partial charge in [-0.15, -0.1) is 0 Å². The van der Waals surface area contributed by atoms with Crippen LogP contribution < -0.4 is 5.73 Å². The van der Waals surface area contributed by atoms with Crippen molar-refractivity contribution in [2.45, 2.75) is 13.3 Å². The number of hydrazone groups is 1. The van der Waals surface area contributed by atoms with Crippen LogP contribution in [0.25, 0.3) is 16.6 Å². The van der Waals surface area contributed by atoms with Gasteiger partial charge in [0.25, 0.3) is 0 Å². The van der Waals surface area contributed by atoms with Crippen LogP contribution in [0, 0.1) is 11.6 Å². The number of carbonyl (C=O) groups is 1. The summed E-state index contributed by atoms with van der Waals surface area (Å²) in [4.78, 5) is 19.4. The molecule has 2 amide bonds. The number of nitrogens with zero attached hydrogens (tertiary/aromatic N) is 6. The van der Waals surface area contributed by atoms with Crippen molar-refractivity contribution in [2.75, 3.05) is 7.05 Å². The highest BCUT2D eigenvalue weighted by atomic mass is 19.1. The summed E-state index contributed by atoms with van der Waals surface area (Å²) in [6.45, 7) is 1.67. The van der Waals surface area contributed by atoms with Crippen LogP contribution in [0.15, 0.2) is 47.8 Å². The second-order valence-corrected chi connectivity index (χ2v) is 6.68. The minimum absolute atomic E-state index is 0.0580. The first-order valence-corrected chi connectivity index (χ1v) is 8.99. The Balaban J connectivity index is 1.76. The van der Waals surface area contributed by atoms with Crippen LogP contribution in [0.3, 0.4) is 0 Å². The number of urea groups is 1. The van der Waals surface area contributed by atoms with E-state index in [4.69, 9.17) is 5.73 Å². The normalized spacial score (nSPS) is 11.9. The van der Waals surface area contributed by atoms with Crippen molar-refractivity contribution in [3.8, 4) is 0 Å². The molecular formula is C20H17F2N7O. The maximum atomic E-state index is 15.0. The lowest BCUT2D eigenvalue weighted by molar-refractivity contribution is 0.220. The van der Waals surface area contributed by atoms with Gasteiger partial charge < -0.3 is 5.73 Å². The number of aromatic nitrogens is 4. The van der Waals surface area contributed by atoms with Gasteiger partial charge in [-0.3, -0.25) is 4.98 Å². The number of carbonyl (C=O) groups excluding carboxylic acids is 1. The minimum Gasteiger partial charge on any atom is -0.350 e. The molecule has 1 aromatic carbocycles. The summed E-state index contributed by atoms with van der Waals surface area (Å²) in [5.41, 5.74) is 7.23. The van der Waals surface area contributed by atoms with Crippen LogP contribution in [-0.4, -0.2) is 43.4 Å². The topological polar surface area (TPSA) is 102 Å². The summed E-state index contributed by atoms with van der Waals surface area (Å²) in [5, 5.41) is 9.75. The minimum atomic E-state index is -0.713. The Morgan fingerprint density at radius 1 is 1.27 bits per heavy atom. The Bertz CT molecular complexity index is 1320. The third-order valence-corrected chi connectivity index (χ3v) is 4.67. The third kappa shape index (κ3) is 3.43. The molecule has 0 bridgehead atoms. The van der Waals surface area contributed by atoms with Crippen LogP contribution in [-0.2, 0) is 6.42 Å². The first kappa shape index (κ1) is 19.4. The standard InChI is InChI=1S/C20H17F2N7O/c1-11(26-28(2)20(23)30)16-5-6-18-25-10-12(29(18)27-16)8-14-15(21)9-17-13(19(14)22)4-3-7-24-17/h3-7,9-10H,8H2,1-2H3,(H2,23,30)/b26-11-. The molecule has 0 spiro atoms. The molecule has 152 valence electrons. The molecule has 0 aliphatic heterocycles. The number of fused-ring (bicyclic) bond motifs is 2. The molecule has 4 aromatic rings. The zero-order valence-corrected chi connectivity index (χ0v) is 16.2. The molecule has 8 nitrogen and oxygen atoms in total. The first-order chi connectivity index (χ1) is 14.3. The molecule has 0 aliphatic carbocycles. The third-order valence-electron chi connectivity index (χ3n) is 4.67. The number of hydrogen-bond donors (Lipinski definition) is 1. The van der Waals surface area contributed by atoms with Gasteiger partial charge in [-0.25, -0.2) is 28.1 Å². The molecule has 0 fully saturated rings. The van der Waals surface area contributed by atoms with Gasteiger partial charge in [0, 0.05) is 36.7 Å². The lowest BCUT2D eigenvalue weighted by Gasteiger charge is -2.10. The van der Waals surface area contributed by atoms with Gasteiger partial charge in [-0.2, -0.15) is 10.2 Å². The molecule has 3 aromatic heterocycles. The Morgan fingerprint density at radius 3 is 2.83 bits per heavy atom. The first-order valence-electron chi connectivity index (χ1n) is 8.99. The van der Waals surface area contributed by atoms with E-state index in [0.29, 0.717) is 22.7 Å². The molecule has 0 radical (unpaired) electrons. The SMILES string of the molecule is C/C(=N/N(C)C(N)=O)c1ccc2ncc(Cc3c(F)cc4ncccc4c3F)n2n1. The Kier molecular flexibility index (Phi) is 4.82. The van der Waals surface area contributed by atoms with Crippen LogP contribution in [0.5, 0.6) is 0 Å². The number of benzene rings is 1. The van der Waals surface area contributed by atoms with E-state index in [9.17, 15) is 13.6 Å². The molecular weight excluding hydrogens is 392 g/mol. The quantitative estimate of drug-likeness (QED) is 0.414. The molecule has 30 heavy (non-hydrogen) atoms. The molecule has 3 heterocycles. The molecule has 2 N–H and O–H groups in total. The highest BCUT2D eigenvalue weighted by molar-refractivity contribution is 5.97. The smallest absolute Gasteiger partial charge is 0.334 e. The van der Waals surface area contributed by atoms with Crippen molar-refractivity contribution in [3.63, 3.8) is 0 Å². The predicted octanol–water partition coefficient (Wildman–Crippen LogP) is 2.88. The number of primary amides is 1. The van der Waals surface area contributed by atoms with Crippen molar-refractivity contribution in [1.82, 2.24) is 24.6 Å². The van der Waals surface area contributed by atoms with Crippen molar-refractivity contribution in [1.29, 1.82) is 0 Å². The fraction of sp³-hybridized carbons (Fsp3) is 0.150. The molecule has 10 heteroatoms. The lowest BCUT2D eigenvalue weighted by atomic mass is 10.0. The van der Waals surface area contributed by atoms with E-state index < -0.39 is 17.7 Å². The van der Waals surface area contributed by atoms with Gasteiger partial charge in [0.05, 0.1) is 23.1 Å². The van der Waals surface area contributed by atoms with Gasteiger partial charge in [-0.05, 0) is 31.2 Å². The van der Waals surface area contributed by atoms with E-state index in [-0.39, 0.29) is 22.9 Å². The van der Waals surface area contributed by atoms with Gasteiger partial charge >= 0.3 is 6.03 Å². The summed E-state index contributed by atoms with van der Waals surface area (Å²) in [6, 6.07) is 7.04. The van der Waals surface area contributed by atoms with Gasteiger partial charge in [0.2, 0.25) is 0 Å². The van der Waals surface area contributed by atoms with E-state index in [1.54, 1.807) is 31.2 Å². The number of amides is 2. The summed E-state index contributed by atoms with van der Waals surface area (Å²) in [6.07, 6.45) is 2.94. The Morgan fingerprint density at radius 2 is 2.07 bits per heavy atom. The van der Waals surface area contributed by atoms with Crippen molar-refractivity contribution >= 4 is 28.3 Å². The number of nitrogens with two attached hydrogens (primary N) is 1. The average Bonchev–Trinajstić information content (AvgIpc) is 3.13. The van der Waals surface area contributed by atoms with Crippen LogP contribution in [0.4, 0.5) is 13.6 Å². The maximum Gasteiger partial charge on any atom is 0.334 e. The number of imidazole rings is 1. The zero-order valence-electron chi connectivity index (χ0n) is 16.2. The highest BCUT2D eigenvalue weighted by Crippen LogP contribution is 2.25. The number of pyridine rings is 1. The number of hydrogen-bond acceptors (Lipinski definition) is 5. The average molecular weight is 409 g/mol. The van der Waals surface area contributed by atoms with Gasteiger partial charge in [-0.1, -0.05) is 0 Å². The van der Waals surface area contributed by atoms with E-state index >= 15 is 0 Å². The molecule has 0 atom stereocenters. The van der Waals surface area contributed by atoms with Gasteiger partial charge in [0.1, 0.15) is 17.3 Å². The summed E-state index contributed by atoms with van der Waals surface area (Å²) < 4.78 is 31.0. The van der Waals surface area contributed by atoms with Gasteiger partial charge in [0.15, 0.2) is 5.65 Å². The summed E-state index contributed by atoms with van der Waals surface area (Å²) in [7, 11) is 1.42. The van der Waals surface area contributed by atoms with Crippen molar-refractivity contribution < 1.29 is 13.6 Å². The maximum absolute atomic E-state index is 15.0. The molecule has 0 unspecified atom stereocenters. The van der Waals surface area contributed by atoms with Crippen molar-refractivity contribution in [2.24, 2.45) is 10.8 Å². The van der Waals surface area contributed by atoms with Crippen LogP contribution >= 0.6 is 0 Å². The van der Waals surface area contributed by atoms with E-state index in [0.717, 1.165) is 5.01 Å². The fourth-order valence-electron chi connectivity index (χ4n) is 3.10. The fourth-order valence-corrected chi connectivity index (χ4v) is 3.10. The monoisotopic (exact) mass is 409 g/mol. The summed E-state index contributed by atoms with van der Waals surface area (Å²) >= 11 is 0. The number of rotatable bonds is 4. The van der Waals surface area contributed by atoms with E-state index in [1.807, 2.05) is 0 Å². The van der Waals surface area contributed by atoms with E-state index in [1.165, 1.54) is 30.0 Å². The number of halogens is 2. The zero-order chi connectivity index (χ0) is 21.4. The van der Waals surface area contributed by atoms with Crippen LogP contribution in [0.1, 0.15) is 23.9 Å². The molecule has 4 rings (SSSR count). The largest absolute Gasteiger partial charge is 0.350 e. The molecule has 0 aliphatic rings. The molecule has 0 saturated heterocycles. The Hall–Kier alpha value is -3.95. The second kappa shape index (κ2) is 7.47. The van der Waals surface area contributed by atoms with Crippen molar-refractivity contribution in [3.05, 3.63) is 71.3 Å². The summed E-state index contributed by atoms with van der Waals surface area (Å²) in [5.74, 6) is -1.35. The van der Waals surface area contributed by atoms with E-state index in [2.05, 4.69) is 20.2 Å². The van der Waals surface area contributed by atoms with Crippen LogP contribution in [0.2, 0.25) is 0 Å². The lowest BCUT2D eigenvalue weighted by Crippen LogP contribution is -2.28.